The van der Waals surface area contributed by atoms with Crippen molar-refractivity contribution in [1.29, 1.82) is 0 Å². The molecule has 132 valence electrons. The Kier molecular flexibility index (Phi) is 6.78. The number of hydrazine groups is 2. The average Bonchev–Trinajstić information content (AvgIpc) is 2.62. The van der Waals surface area contributed by atoms with Crippen molar-refractivity contribution in [3.63, 3.8) is 0 Å². The van der Waals surface area contributed by atoms with Crippen molar-refractivity contribution >= 4 is 25.6 Å². The molecule has 1 aliphatic rings. The molecule has 0 aromatic heterocycles. The van der Waals surface area contributed by atoms with Crippen molar-refractivity contribution in [1.82, 2.24) is 15.5 Å². The summed E-state index contributed by atoms with van der Waals surface area (Å²) in [6, 6.07) is 8.28. The lowest BCUT2D eigenvalue weighted by molar-refractivity contribution is -0.121. The minimum atomic E-state index is -2.77. The Bertz CT molecular complexity index is 598. The highest BCUT2D eigenvalue weighted by Gasteiger charge is 2.34. The topological polar surface area (TPSA) is 108 Å². The number of anilines is 1. The second-order valence-electron chi connectivity index (χ2n) is 5.56. The summed E-state index contributed by atoms with van der Waals surface area (Å²) < 4.78 is 13.3. The number of nitrogens with zero attached hydrogens (tertiary/aromatic N) is 2. The summed E-state index contributed by atoms with van der Waals surface area (Å²) >= 11 is 0. The fourth-order valence-corrected chi connectivity index (χ4v) is 3.85. The van der Waals surface area contributed by atoms with Crippen molar-refractivity contribution < 1.29 is 14.2 Å². The molecule has 1 aromatic carbocycles. The quantitative estimate of drug-likeness (QED) is 0.311. The van der Waals surface area contributed by atoms with E-state index in [9.17, 15) is 14.2 Å². The molecule has 0 spiro atoms. The van der Waals surface area contributed by atoms with Crippen molar-refractivity contribution in [2.45, 2.75) is 31.8 Å². The fourth-order valence-electron chi connectivity index (χ4n) is 2.45. The maximum Gasteiger partial charge on any atom is 0.358 e. The second-order valence-corrected chi connectivity index (χ2v) is 7.41. The van der Waals surface area contributed by atoms with Crippen LogP contribution in [0.25, 0.3) is 0 Å². The van der Waals surface area contributed by atoms with E-state index < -0.39 is 19.6 Å². The molecule has 1 unspecified atom stereocenters. The van der Waals surface area contributed by atoms with Gasteiger partial charge in [0.05, 0.1) is 5.69 Å². The molecule has 2 rings (SSSR count). The third-order valence-electron chi connectivity index (χ3n) is 3.75. The summed E-state index contributed by atoms with van der Waals surface area (Å²) in [7, 11) is -2.77. The Labute approximate surface area is 142 Å². The maximum atomic E-state index is 12.7. The number of amides is 3. The molecule has 2 atom stereocenters. The first-order valence-corrected chi connectivity index (χ1v) is 9.48. The van der Waals surface area contributed by atoms with Crippen LogP contribution in [0, 0.1) is 0 Å². The number of nitrogens with one attached hydrogen (secondary N) is 2. The molecular formula is C15H24N5O3P. The zero-order valence-electron chi connectivity index (χ0n) is 13.7. The number of hydrogen-bond acceptors (Lipinski definition) is 5. The third kappa shape index (κ3) is 4.35. The lowest BCUT2D eigenvalue weighted by Crippen LogP contribution is -2.52. The minimum Gasteiger partial charge on any atom is -0.355 e. The molecule has 0 radical (unpaired) electrons. The minimum absolute atomic E-state index is 0.304. The number of benzene rings is 1. The molecule has 3 amide bonds. The van der Waals surface area contributed by atoms with E-state index in [1.165, 1.54) is 5.01 Å². The van der Waals surface area contributed by atoms with Crippen molar-refractivity contribution in [2.75, 3.05) is 18.1 Å². The van der Waals surface area contributed by atoms with Crippen LogP contribution >= 0.6 is 7.95 Å². The molecule has 8 nitrogen and oxygen atoms in total. The van der Waals surface area contributed by atoms with Gasteiger partial charge in [-0.2, -0.15) is 0 Å². The molecule has 0 bridgehead atoms. The zero-order chi connectivity index (χ0) is 17.5. The fraction of sp³-hybridized carbons (Fsp3) is 0.467. The van der Waals surface area contributed by atoms with E-state index in [1.807, 2.05) is 13.0 Å². The smallest absolute Gasteiger partial charge is 0.355 e. The molecule has 1 saturated heterocycles. The first-order chi connectivity index (χ1) is 11.6. The summed E-state index contributed by atoms with van der Waals surface area (Å²) in [5.74, 6) is 5.51. The lowest BCUT2D eigenvalue weighted by Gasteiger charge is -2.30. The van der Waals surface area contributed by atoms with E-state index in [0.717, 1.165) is 12.8 Å². The van der Waals surface area contributed by atoms with Gasteiger partial charge in [0.2, 0.25) is 5.91 Å². The van der Waals surface area contributed by atoms with E-state index in [-0.39, 0.29) is 5.91 Å². The van der Waals surface area contributed by atoms with Gasteiger partial charge in [-0.25, -0.2) is 25.9 Å². The predicted octanol–water partition coefficient (Wildman–Crippen LogP) is 1.46. The SMILES string of the molecule is CCCNN(C(=O)N(N)[PH](=O)[C@H]1CCCNC1=O)c1ccccc1. The van der Waals surface area contributed by atoms with Gasteiger partial charge in [-0.15, -0.1) is 0 Å². The summed E-state index contributed by atoms with van der Waals surface area (Å²) in [6.07, 6.45) is 2.01. The van der Waals surface area contributed by atoms with Crippen LogP contribution in [-0.4, -0.2) is 35.5 Å². The number of rotatable bonds is 6. The highest BCUT2D eigenvalue weighted by molar-refractivity contribution is 7.45. The first-order valence-electron chi connectivity index (χ1n) is 8.05. The first kappa shape index (κ1) is 18.4. The number of nitrogens with two attached hydrogens (primary N) is 1. The lowest BCUT2D eigenvalue weighted by atomic mass is 10.1. The third-order valence-corrected chi connectivity index (χ3v) is 5.57. The van der Waals surface area contributed by atoms with E-state index in [2.05, 4.69) is 10.7 Å². The van der Waals surface area contributed by atoms with Crippen LogP contribution < -0.4 is 21.6 Å². The Morgan fingerprint density at radius 3 is 2.75 bits per heavy atom. The zero-order valence-corrected chi connectivity index (χ0v) is 14.7. The van der Waals surface area contributed by atoms with Crippen LogP contribution in [0.15, 0.2) is 30.3 Å². The van der Waals surface area contributed by atoms with E-state index in [0.29, 0.717) is 30.0 Å². The molecule has 24 heavy (non-hydrogen) atoms. The average molecular weight is 353 g/mol. The van der Waals surface area contributed by atoms with Gasteiger partial charge >= 0.3 is 6.03 Å². The molecular weight excluding hydrogens is 329 g/mol. The maximum absolute atomic E-state index is 12.7. The summed E-state index contributed by atoms with van der Waals surface area (Å²) in [5, 5.41) is 3.94. The van der Waals surface area contributed by atoms with Crippen molar-refractivity contribution in [3.05, 3.63) is 30.3 Å². The van der Waals surface area contributed by atoms with Crippen LogP contribution in [0.1, 0.15) is 26.2 Å². The van der Waals surface area contributed by atoms with E-state index in [1.54, 1.807) is 24.3 Å². The number of urea groups is 1. The molecule has 9 heteroatoms. The van der Waals surface area contributed by atoms with Crippen molar-refractivity contribution in [3.8, 4) is 0 Å². The van der Waals surface area contributed by atoms with E-state index in [4.69, 9.17) is 5.84 Å². The molecule has 0 aliphatic carbocycles. The summed E-state index contributed by atoms with van der Waals surface area (Å²) in [4.78, 5) is 24.6. The standard InChI is InChI=1S/C15H24N5O3P/c1-2-10-18-19(12-7-4-3-5-8-12)15(22)20(16)24(23)13-9-6-11-17-14(13)21/h3-5,7-8,13,18,24H,2,6,9-11,16H2,1H3,(H,17,21)/t13-/m0/s1. The summed E-state index contributed by atoms with van der Waals surface area (Å²) in [5.41, 5.74) is 2.83. The molecule has 1 fully saturated rings. The number of piperidine rings is 1. The molecule has 1 aromatic rings. The van der Waals surface area contributed by atoms with Gasteiger partial charge in [0.15, 0.2) is 7.95 Å². The predicted molar refractivity (Wildman–Crippen MR) is 93.7 cm³/mol. The molecule has 1 aliphatic heterocycles. The Hall–Kier alpha value is -1.89. The van der Waals surface area contributed by atoms with Gasteiger partial charge in [-0.3, -0.25) is 4.79 Å². The van der Waals surface area contributed by atoms with Crippen LogP contribution in [-0.2, 0) is 9.36 Å². The largest absolute Gasteiger partial charge is 0.358 e. The van der Waals surface area contributed by atoms with Crippen LogP contribution in [0.4, 0.5) is 10.5 Å². The van der Waals surface area contributed by atoms with Gasteiger partial charge in [0.25, 0.3) is 0 Å². The van der Waals surface area contributed by atoms with Gasteiger partial charge in [0, 0.05) is 13.1 Å². The Balaban J connectivity index is 2.15. The highest BCUT2D eigenvalue weighted by atomic mass is 31.1. The number of hydrogen-bond donors (Lipinski definition) is 3. The number of carbonyl (C=O) groups excluding carboxylic acids is 2. The van der Waals surface area contributed by atoms with Crippen molar-refractivity contribution in [2.24, 2.45) is 5.84 Å². The van der Waals surface area contributed by atoms with Gasteiger partial charge in [0.1, 0.15) is 5.66 Å². The second kappa shape index (κ2) is 8.82. The van der Waals surface area contributed by atoms with Crippen LogP contribution in [0.5, 0.6) is 0 Å². The molecule has 0 saturated carbocycles. The number of carbonyl (C=O) groups is 2. The Morgan fingerprint density at radius 1 is 1.42 bits per heavy atom. The van der Waals surface area contributed by atoms with Crippen LogP contribution in [0.2, 0.25) is 0 Å². The monoisotopic (exact) mass is 353 g/mol. The van der Waals surface area contributed by atoms with Crippen LogP contribution in [0.3, 0.4) is 0 Å². The van der Waals surface area contributed by atoms with E-state index >= 15 is 0 Å². The van der Waals surface area contributed by atoms with Gasteiger partial charge in [-0.05, 0) is 31.4 Å². The molecule has 1 heterocycles. The van der Waals surface area contributed by atoms with Gasteiger partial charge in [-0.1, -0.05) is 25.1 Å². The molecule has 4 N–H and O–H groups in total. The summed E-state index contributed by atoms with van der Waals surface area (Å²) in [6.45, 7) is 3.09. The highest BCUT2D eigenvalue weighted by Crippen LogP contribution is 2.35. The Morgan fingerprint density at radius 2 is 2.12 bits per heavy atom. The number of para-hydroxylation sites is 1. The van der Waals surface area contributed by atoms with Gasteiger partial charge < -0.3 is 9.88 Å². The normalized spacial score (nSPS) is 18.6.